The maximum atomic E-state index is 12.3. The van der Waals surface area contributed by atoms with Crippen LogP contribution in [0.15, 0.2) is 36.5 Å². The zero-order chi connectivity index (χ0) is 25.0. The Hall–Kier alpha value is -3.49. The number of nitrogens with two attached hydrogens (primary N) is 1. The predicted octanol–water partition coefficient (Wildman–Crippen LogP) is 4.34. The molecule has 35 heavy (non-hydrogen) atoms. The Morgan fingerprint density at radius 2 is 1.71 bits per heavy atom. The largest absolute Gasteiger partial charge is 0.444 e. The molecule has 0 unspecified atom stereocenters. The summed E-state index contributed by atoms with van der Waals surface area (Å²) in [6.07, 6.45) is 5.17. The Morgan fingerprint density at radius 1 is 1.06 bits per heavy atom. The van der Waals surface area contributed by atoms with E-state index in [1.54, 1.807) is 4.90 Å². The first kappa shape index (κ1) is 24.6. The number of piperidine rings is 1. The molecule has 2 fully saturated rings. The van der Waals surface area contributed by atoms with Crippen LogP contribution in [-0.4, -0.2) is 59.7 Å². The number of benzene rings is 1. The summed E-state index contributed by atoms with van der Waals surface area (Å²) >= 11 is 0. The van der Waals surface area contributed by atoms with Crippen LogP contribution < -0.4 is 21.3 Å². The van der Waals surface area contributed by atoms with Gasteiger partial charge in [-0.05, 0) is 70.7 Å². The molecule has 0 atom stereocenters. The van der Waals surface area contributed by atoms with E-state index in [0.29, 0.717) is 30.2 Å². The van der Waals surface area contributed by atoms with Crippen LogP contribution in [0.4, 0.5) is 27.7 Å². The lowest BCUT2D eigenvalue weighted by Gasteiger charge is -2.34. The van der Waals surface area contributed by atoms with E-state index in [0.717, 1.165) is 31.6 Å². The summed E-state index contributed by atoms with van der Waals surface area (Å²) in [5.41, 5.74) is 8.22. The summed E-state index contributed by atoms with van der Waals surface area (Å²) in [6.45, 7) is 8.96. The summed E-state index contributed by atoms with van der Waals surface area (Å²) in [5.74, 6) is 0.0883. The number of hydrogen-bond donors (Lipinski definition) is 3. The maximum absolute atomic E-state index is 12.3. The van der Waals surface area contributed by atoms with E-state index in [2.05, 4.69) is 32.7 Å². The van der Waals surface area contributed by atoms with E-state index in [4.69, 9.17) is 10.5 Å². The van der Waals surface area contributed by atoms with E-state index in [-0.39, 0.29) is 12.1 Å². The molecule has 1 aromatic carbocycles. The highest BCUT2D eigenvalue weighted by atomic mass is 16.6. The van der Waals surface area contributed by atoms with E-state index in [1.165, 1.54) is 24.7 Å². The topological polar surface area (TPSA) is 113 Å². The number of likely N-dealkylation sites (tertiary alicyclic amines) is 1. The molecule has 0 saturated carbocycles. The first-order valence-corrected chi connectivity index (χ1v) is 12.3. The van der Waals surface area contributed by atoms with Gasteiger partial charge in [-0.15, -0.1) is 0 Å². The molecule has 188 valence electrons. The quantitative estimate of drug-likeness (QED) is 0.564. The fraction of sp³-hybridized carbons (Fsp3) is 0.500. The SMILES string of the molecule is CC(C)(C)OC(=O)N1CCC(Nc2cc(Nc3ccc(N4CCCC4)cc3)ncc2C(N)=O)CC1. The summed E-state index contributed by atoms with van der Waals surface area (Å²) in [4.78, 5) is 32.9. The van der Waals surface area contributed by atoms with Crippen molar-refractivity contribution in [1.82, 2.24) is 9.88 Å². The second kappa shape index (κ2) is 10.4. The molecule has 2 aliphatic heterocycles. The van der Waals surface area contributed by atoms with Crippen molar-refractivity contribution in [3.8, 4) is 0 Å². The number of carbonyl (C=O) groups excluding carboxylic acids is 2. The lowest BCUT2D eigenvalue weighted by Crippen LogP contribution is -2.44. The number of pyridine rings is 1. The molecule has 0 bridgehead atoms. The third-order valence-electron chi connectivity index (χ3n) is 6.29. The van der Waals surface area contributed by atoms with Gasteiger partial charge >= 0.3 is 6.09 Å². The number of rotatable bonds is 6. The van der Waals surface area contributed by atoms with Crippen molar-refractivity contribution in [2.75, 3.05) is 41.7 Å². The van der Waals surface area contributed by atoms with Crippen molar-refractivity contribution in [1.29, 1.82) is 0 Å². The molecule has 2 aromatic rings. The second-order valence-corrected chi connectivity index (χ2v) is 10.2. The molecule has 9 nitrogen and oxygen atoms in total. The Labute approximate surface area is 207 Å². The highest BCUT2D eigenvalue weighted by Crippen LogP contribution is 2.27. The molecule has 0 radical (unpaired) electrons. The van der Waals surface area contributed by atoms with Crippen LogP contribution in [0, 0.1) is 0 Å². The number of ether oxygens (including phenoxy) is 1. The van der Waals surface area contributed by atoms with Crippen molar-refractivity contribution in [2.45, 2.75) is 58.1 Å². The summed E-state index contributed by atoms with van der Waals surface area (Å²) < 4.78 is 5.48. The monoisotopic (exact) mass is 480 g/mol. The standard InChI is InChI=1S/C26H36N6O3/c1-26(2,3)35-25(34)32-14-10-19(11-15-32)29-22-16-23(28-17-21(22)24(27)33)30-18-6-8-20(9-7-18)31-12-4-5-13-31/h6-9,16-17,19H,4-5,10-15H2,1-3H3,(H2,27,33)(H2,28,29,30). The van der Waals surface area contributed by atoms with Gasteiger partial charge in [-0.25, -0.2) is 9.78 Å². The molecule has 9 heteroatoms. The lowest BCUT2D eigenvalue weighted by atomic mass is 10.0. The van der Waals surface area contributed by atoms with Gasteiger partial charge in [0.25, 0.3) is 5.91 Å². The Bertz CT molecular complexity index is 1040. The first-order valence-electron chi connectivity index (χ1n) is 12.3. The van der Waals surface area contributed by atoms with Crippen molar-refractivity contribution < 1.29 is 14.3 Å². The Kier molecular flexibility index (Phi) is 7.33. The first-order chi connectivity index (χ1) is 16.7. The van der Waals surface area contributed by atoms with Gasteiger partial charge in [0.05, 0.1) is 11.3 Å². The highest BCUT2D eigenvalue weighted by Gasteiger charge is 2.27. The number of aromatic nitrogens is 1. The van der Waals surface area contributed by atoms with Crippen LogP contribution >= 0.6 is 0 Å². The minimum atomic E-state index is -0.535. The zero-order valence-corrected chi connectivity index (χ0v) is 20.8. The van der Waals surface area contributed by atoms with Gasteiger partial charge in [-0.2, -0.15) is 0 Å². The smallest absolute Gasteiger partial charge is 0.410 e. The van der Waals surface area contributed by atoms with Crippen LogP contribution in [0.25, 0.3) is 0 Å². The van der Waals surface area contributed by atoms with Gasteiger partial charge in [0.15, 0.2) is 0 Å². The predicted molar refractivity (Wildman–Crippen MR) is 138 cm³/mol. The lowest BCUT2D eigenvalue weighted by molar-refractivity contribution is 0.0210. The van der Waals surface area contributed by atoms with Crippen LogP contribution in [0.5, 0.6) is 0 Å². The van der Waals surface area contributed by atoms with E-state index < -0.39 is 11.5 Å². The van der Waals surface area contributed by atoms with Gasteiger partial charge < -0.3 is 30.9 Å². The van der Waals surface area contributed by atoms with E-state index >= 15 is 0 Å². The Morgan fingerprint density at radius 3 is 2.31 bits per heavy atom. The molecule has 4 N–H and O–H groups in total. The Balaban J connectivity index is 1.39. The van der Waals surface area contributed by atoms with Gasteiger partial charge in [0.2, 0.25) is 0 Å². The van der Waals surface area contributed by atoms with Crippen LogP contribution in [0.3, 0.4) is 0 Å². The van der Waals surface area contributed by atoms with Crippen molar-refractivity contribution in [2.24, 2.45) is 5.73 Å². The average molecular weight is 481 g/mol. The minimum absolute atomic E-state index is 0.0989. The highest BCUT2D eigenvalue weighted by molar-refractivity contribution is 5.98. The summed E-state index contributed by atoms with van der Waals surface area (Å²) in [5, 5.41) is 6.76. The second-order valence-electron chi connectivity index (χ2n) is 10.2. The van der Waals surface area contributed by atoms with Gasteiger partial charge in [-0.1, -0.05) is 0 Å². The number of carbonyl (C=O) groups is 2. The molecule has 2 aliphatic rings. The molecular formula is C26H36N6O3. The minimum Gasteiger partial charge on any atom is -0.444 e. The molecule has 4 rings (SSSR count). The van der Waals surface area contributed by atoms with Crippen molar-refractivity contribution in [3.05, 3.63) is 42.1 Å². The molecule has 0 aliphatic carbocycles. The molecule has 0 spiro atoms. The molecule has 1 aromatic heterocycles. The van der Waals surface area contributed by atoms with Crippen molar-refractivity contribution >= 4 is 34.9 Å². The fourth-order valence-electron chi connectivity index (χ4n) is 4.47. The molecular weight excluding hydrogens is 444 g/mol. The number of nitrogens with one attached hydrogen (secondary N) is 2. The maximum Gasteiger partial charge on any atom is 0.410 e. The van der Waals surface area contributed by atoms with Gasteiger partial charge in [-0.3, -0.25) is 4.79 Å². The third-order valence-corrected chi connectivity index (χ3v) is 6.29. The number of amides is 2. The molecule has 2 amide bonds. The van der Waals surface area contributed by atoms with E-state index in [1.807, 2.05) is 39.0 Å². The van der Waals surface area contributed by atoms with Crippen LogP contribution in [0.1, 0.15) is 56.8 Å². The number of nitrogens with zero attached hydrogens (tertiary/aromatic N) is 3. The third kappa shape index (κ3) is 6.55. The average Bonchev–Trinajstić information content (AvgIpc) is 3.34. The summed E-state index contributed by atoms with van der Waals surface area (Å²) in [7, 11) is 0. The molecule has 2 saturated heterocycles. The number of primary amides is 1. The normalized spacial score (nSPS) is 16.8. The van der Waals surface area contributed by atoms with E-state index in [9.17, 15) is 9.59 Å². The van der Waals surface area contributed by atoms with Crippen LogP contribution in [-0.2, 0) is 4.74 Å². The number of anilines is 4. The molecule has 3 heterocycles. The van der Waals surface area contributed by atoms with Gasteiger partial charge in [0.1, 0.15) is 11.4 Å². The van der Waals surface area contributed by atoms with Gasteiger partial charge in [0, 0.05) is 55.9 Å². The summed E-state index contributed by atoms with van der Waals surface area (Å²) in [6, 6.07) is 10.2. The fourth-order valence-corrected chi connectivity index (χ4v) is 4.47. The van der Waals surface area contributed by atoms with Crippen molar-refractivity contribution in [3.63, 3.8) is 0 Å². The number of hydrogen-bond acceptors (Lipinski definition) is 7. The zero-order valence-electron chi connectivity index (χ0n) is 20.8. The van der Waals surface area contributed by atoms with Crippen LogP contribution in [0.2, 0.25) is 0 Å².